The molecular weight excluding hydrogens is 470 g/mol. The van der Waals surface area contributed by atoms with Gasteiger partial charge in [0.2, 0.25) is 5.12 Å². The first-order valence-electron chi connectivity index (χ1n) is 10.0. The molecule has 1 saturated heterocycles. The van der Waals surface area contributed by atoms with Crippen LogP contribution in [0.15, 0.2) is 24.3 Å². The molecule has 1 aromatic carbocycles. The van der Waals surface area contributed by atoms with E-state index in [1.807, 2.05) is 6.07 Å². The molecule has 2 rings (SSSR count). The number of ether oxygens (including phenoxy) is 5. The number of nitrogens with zero attached hydrogens (tertiary/aromatic N) is 1. The van der Waals surface area contributed by atoms with E-state index in [1.165, 1.54) is 24.3 Å². The Morgan fingerprint density at radius 2 is 1.50 bits per heavy atom. The molecule has 0 bridgehead atoms. The van der Waals surface area contributed by atoms with Crippen LogP contribution in [0.5, 0.6) is 0 Å². The summed E-state index contributed by atoms with van der Waals surface area (Å²) in [6.45, 7) is 4.09. The first kappa shape index (κ1) is 26.8. The molecule has 0 aromatic heterocycles. The summed E-state index contributed by atoms with van der Waals surface area (Å²) in [5.41, 5.74) is -0.802. The van der Waals surface area contributed by atoms with Gasteiger partial charge in [0.05, 0.1) is 11.6 Å². The average Bonchev–Trinajstić information content (AvgIpc) is 2.75. The summed E-state index contributed by atoms with van der Waals surface area (Å²) in [7, 11) is 0. The highest BCUT2D eigenvalue weighted by atomic mass is 32.2. The fourth-order valence-corrected chi connectivity index (χ4v) is 4.19. The molecule has 1 fully saturated rings. The highest BCUT2D eigenvalue weighted by Gasteiger charge is 2.53. The maximum absolute atomic E-state index is 12.9. The number of hydrogen-bond acceptors (Lipinski definition) is 12. The largest absolute Gasteiger partial charge is 0.463 e. The van der Waals surface area contributed by atoms with E-state index in [0.717, 1.165) is 27.7 Å². The standard InChI is InChI=1S/C22H23NO10S/c1-11(24)29-10-17-18(30-12(2)25)19(31-13(3)26)20(32-14(4)27)22(33-17)34-21(28)16-7-5-6-15(8-16)9-23/h5-8,17-20,22H,10H2,1-4H3/t17-,18-,19+,20-,22+/m1/s1. The van der Waals surface area contributed by atoms with Crippen molar-refractivity contribution in [2.24, 2.45) is 0 Å². The van der Waals surface area contributed by atoms with Crippen molar-refractivity contribution in [3.05, 3.63) is 35.4 Å². The molecule has 0 amide bonds. The molecule has 12 heteroatoms. The van der Waals surface area contributed by atoms with Crippen molar-refractivity contribution in [2.75, 3.05) is 6.61 Å². The lowest BCUT2D eigenvalue weighted by Gasteiger charge is -2.43. The minimum Gasteiger partial charge on any atom is -0.463 e. The second-order valence-electron chi connectivity index (χ2n) is 7.17. The van der Waals surface area contributed by atoms with Gasteiger partial charge in [0.1, 0.15) is 12.7 Å². The number of carbonyl (C=O) groups excluding carboxylic acids is 5. The van der Waals surface area contributed by atoms with E-state index in [2.05, 4.69) is 0 Å². The second-order valence-corrected chi connectivity index (χ2v) is 8.24. The summed E-state index contributed by atoms with van der Waals surface area (Å²) >= 11 is 0.613. The Balaban J connectivity index is 2.45. The minimum absolute atomic E-state index is 0.178. The van der Waals surface area contributed by atoms with Crippen molar-refractivity contribution in [2.45, 2.75) is 57.5 Å². The van der Waals surface area contributed by atoms with Crippen LogP contribution in [0.4, 0.5) is 0 Å². The van der Waals surface area contributed by atoms with Gasteiger partial charge in [-0.15, -0.1) is 0 Å². The van der Waals surface area contributed by atoms with Gasteiger partial charge in [0.25, 0.3) is 0 Å². The third-order valence-electron chi connectivity index (χ3n) is 4.40. The van der Waals surface area contributed by atoms with Crippen LogP contribution in [0.1, 0.15) is 43.6 Å². The summed E-state index contributed by atoms with van der Waals surface area (Å²) in [4.78, 5) is 59.7. The van der Waals surface area contributed by atoms with E-state index in [0.29, 0.717) is 11.8 Å². The molecule has 1 aliphatic heterocycles. The Kier molecular flexibility index (Phi) is 9.58. The van der Waals surface area contributed by atoms with Gasteiger partial charge in [-0.1, -0.05) is 12.1 Å². The van der Waals surface area contributed by atoms with Gasteiger partial charge in [0.15, 0.2) is 23.7 Å². The molecular formula is C22H23NO10S. The first-order chi connectivity index (χ1) is 16.0. The maximum Gasteiger partial charge on any atom is 0.303 e. The summed E-state index contributed by atoms with van der Waals surface area (Å²) in [5, 5.41) is 8.55. The predicted molar refractivity (Wildman–Crippen MR) is 115 cm³/mol. The molecule has 0 radical (unpaired) electrons. The maximum atomic E-state index is 12.9. The zero-order valence-electron chi connectivity index (χ0n) is 18.8. The van der Waals surface area contributed by atoms with Gasteiger partial charge in [-0.2, -0.15) is 5.26 Å². The Hall–Kier alpha value is -3.43. The van der Waals surface area contributed by atoms with Crippen LogP contribution in [0.3, 0.4) is 0 Å². The smallest absolute Gasteiger partial charge is 0.303 e. The highest BCUT2D eigenvalue weighted by molar-refractivity contribution is 8.14. The second kappa shape index (κ2) is 12.2. The lowest BCUT2D eigenvalue weighted by molar-refractivity contribution is -0.237. The number of esters is 4. The summed E-state index contributed by atoms with van der Waals surface area (Å²) in [6.07, 6.45) is -5.18. The van der Waals surface area contributed by atoms with Crippen molar-refractivity contribution >= 4 is 40.8 Å². The normalized spacial score (nSPS) is 23.7. The van der Waals surface area contributed by atoms with Crippen LogP contribution in [0, 0.1) is 11.3 Å². The van der Waals surface area contributed by atoms with Gasteiger partial charge in [-0.3, -0.25) is 24.0 Å². The molecule has 0 unspecified atom stereocenters. The number of benzene rings is 1. The molecule has 0 N–H and O–H groups in total. The fourth-order valence-electron chi connectivity index (χ4n) is 3.17. The van der Waals surface area contributed by atoms with E-state index in [-0.39, 0.29) is 11.1 Å². The first-order valence-corrected chi connectivity index (χ1v) is 10.9. The Morgan fingerprint density at radius 1 is 0.912 bits per heavy atom. The number of nitriles is 1. The zero-order chi connectivity index (χ0) is 25.4. The Labute approximate surface area is 199 Å². The van der Waals surface area contributed by atoms with E-state index in [1.54, 1.807) is 0 Å². The van der Waals surface area contributed by atoms with Gasteiger partial charge < -0.3 is 23.7 Å². The zero-order valence-corrected chi connectivity index (χ0v) is 19.7. The molecule has 11 nitrogen and oxygen atoms in total. The van der Waals surface area contributed by atoms with Gasteiger partial charge >= 0.3 is 23.9 Å². The van der Waals surface area contributed by atoms with Crippen LogP contribution in [-0.4, -0.2) is 65.5 Å². The molecule has 0 aliphatic carbocycles. The summed E-state index contributed by atoms with van der Waals surface area (Å²) < 4.78 is 26.8. The average molecular weight is 493 g/mol. The molecule has 182 valence electrons. The van der Waals surface area contributed by atoms with Crippen molar-refractivity contribution in [3.8, 4) is 6.07 Å². The summed E-state index contributed by atoms with van der Waals surface area (Å²) in [5.74, 6) is -2.94. The van der Waals surface area contributed by atoms with Crippen LogP contribution < -0.4 is 0 Å². The lowest BCUT2D eigenvalue weighted by atomic mass is 9.99. The highest BCUT2D eigenvalue weighted by Crippen LogP contribution is 2.35. The lowest BCUT2D eigenvalue weighted by Crippen LogP contribution is -2.61. The van der Waals surface area contributed by atoms with Crippen LogP contribution >= 0.6 is 11.8 Å². The fraction of sp³-hybridized carbons (Fsp3) is 0.455. The number of hydrogen-bond donors (Lipinski definition) is 0. The molecule has 1 aliphatic rings. The quantitative estimate of drug-likeness (QED) is 0.399. The molecule has 0 saturated carbocycles. The van der Waals surface area contributed by atoms with Crippen molar-refractivity contribution < 1.29 is 47.7 Å². The number of thioether (sulfide) groups is 1. The molecule has 0 spiro atoms. The van der Waals surface area contributed by atoms with E-state index in [4.69, 9.17) is 28.9 Å². The van der Waals surface area contributed by atoms with Crippen LogP contribution in [0.25, 0.3) is 0 Å². The summed E-state index contributed by atoms with van der Waals surface area (Å²) in [6, 6.07) is 7.85. The van der Waals surface area contributed by atoms with Crippen molar-refractivity contribution in [3.63, 3.8) is 0 Å². The third-order valence-corrected chi connectivity index (χ3v) is 5.46. The van der Waals surface area contributed by atoms with Gasteiger partial charge in [-0.25, -0.2) is 0 Å². The number of carbonyl (C=O) groups is 5. The number of rotatable bonds is 7. The Morgan fingerprint density at radius 3 is 2.06 bits per heavy atom. The minimum atomic E-state index is -1.37. The molecule has 5 atom stereocenters. The molecule has 1 heterocycles. The molecule has 1 aromatic rings. The monoisotopic (exact) mass is 493 g/mol. The van der Waals surface area contributed by atoms with Crippen molar-refractivity contribution in [1.29, 1.82) is 5.26 Å². The topological polar surface area (TPSA) is 155 Å². The van der Waals surface area contributed by atoms with Gasteiger partial charge in [-0.05, 0) is 23.9 Å². The SMILES string of the molecule is CC(=O)OC[C@H]1O[C@@H](SC(=O)c2cccc(C#N)c2)[C@H](OC(C)=O)[C@@H](OC(C)=O)[C@@H]1OC(C)=O. The van der Waals surface area contributed by atoms with E-state index >= 15 is 0 Å². The van der Waals surface area contributed by atoms with Gasteiger partial charge in [0, 0.05) is 33.3 Å². The van der Waals surface area contributed by atoms with E-state index in [9.17, 15) is 24.0 Å². The van der Waals surface area contributed by atoms with E-state index < -0.39 is 65.5 Å². The third kappa shape index (κ3) is 7.57. The van der Waals surface area contributed by atoms with Crippen LogP contribution in [0.2, 0.25) is 0 Å². The van der Waals surface area contributed by atoms with Crippen molar-refractivity contribution in [1.82, 2.24) is 0 Å². The molecule has 34 heavy (non-hydrogen) atoms. The Bertz CT molecular complexity index is 1000. The van der Waals surface area contributed by atoms with Crippen LogP contribution in [-0.2, 0) is 42.9 Å². The predicted octanol–water partition coefficient (Wildman–Crippen LogP) is 1.51.